The maximum absolute atomic E-state index is 17.7. The molecule has 0 saturated carbocycles. The third-order valence-electron chi connectivity index (χ3n) is 12.1. The van der Waals surface area contributed by atoms with Crippen LogP contribution in [0.1, 0.15) is 113 Å². The van der Waals surface area contributed by atoms with Crippen molar-refractivity contribution < 1.29 is 27.8 Å². The molecule has 4 heterocycles. The molecule has 2 saturated heterocycles. The van der Waals surface area contributed by atoms with E-state index >= 15 is 8.78 Å². The summed E-state index contributed by atoms with van der Waals surface area (Å²) in [5.41, 5.74) is 5.33. The van der Waals surface area contributed by atoms with E-state index in [-0.39, 0.29) is 29.4 Å². The second-order valence-corrected chi connectivity index (χ2v) is 24.9. The predicted molar refractivity (Wildman–Crippen MR) is 237 cm³/mol. The van der Waals surface area contributed by atoms with Gasteiger partial charge in [-0.25, -0.2) is 23.4 Å². The molecule has 2 atom stereocenters. The fraction of sp³-hybridized carbons (Fsp3) is 0.532. The lowest BCUT2D eigenvalue weighted by Gasteiger charge is -2.42. The monoisotopic (exact) mass is 825 g/mol. The fourth-order valence-corrected chi connectivity index (χ4v) is 14.7. The van der Waals surface area contributed by atoms with Crippen LogP contribution in [0.2, 0.25) is 16.6 Å². The van der Waals surface area contributed by atoms with Gasteiger partial charge in [0.15, 0.2) is 5.82 Å². The highest BCUT2D eigenvalue weighted by molar-refractivity contribution is 6.90. The number of benzene rings is 2. The van der Waals surface area contributed by atoms with Gasteiger partial charge in [0.25, 0.3) is 0 Å². The van der Waals surface area contributed by atoms with Crippen molar-refractivity contribution in [3.63, 3.8) is 0 Å². The van der Waals surface area contributed by atoms with E-state index in [1.807, 2.05) is 39.5 Å². The Morgan fingerprint density at radius 1 is 0.881 bits per heavy atom. The molecule has 4 aromatic rings. The number of ether oxygens (including phenoxy) is 2. The average molecular weight is 826 g/mol. The molecule has 2 fully saturated rings. The molecule has 2 aromatic heterocycles. The smallest absolute Gasteiger partial charge is 0.412 e. The van der Waals surface area contributed by atoms with Gasteiger partial charge in [-0.2, -0.15) is 0 Å². The SMILES string of the molecule is Cc1nc(N2CC3CCC(C2)N3C(=O)OC(C)(C)C)c2cnc(-c3cc(NC(=O)OC(C)(C)C)cc4ccc(F)c(C#C[Si](C(C)C)(C(C)C)C(C)C)c34)c(F)c2c1C. The number of nitrogens with zero attached hydrogens (tertiary/aromatic N) is 4. The van der Waals surface area contributed by atoms with E-state index in [0.29, 0.717) is 79.6 Å². The van der Waals surface area contributed by atoms with Crippen LogP contribution in [0.15, 0.2) is 30.5 Å². The Hall–Kier alpha value is -4.76. The van der Waals surface area contributed by atoms with Gasteiger partial charge in [-0.05, 0) is 114 Å². The predicted octanol–water partition coefficient (Wildman–Crippen LogP) is 11.8. The normalized spacial score (nSPS) is 17.3. The number of anilines is 2. The number of carbonyl (C=O) groups excluding carboxylic acids is 2. The highest BCUT2D eigenvalue weighted by Crippen LogP contribution is 2.43. The van der Waals surface area contributed by atoms with E-state index in [1.54, 1.807) is 45.2 Å². The molecule has 59 heavy (non-hydrogen) atoms. The van der Waals surface area contributed by atoms with Crippen LogP contribution < -0.4 is 10.2 Å². The van der Waals surface area contributed by atoms with E-state index in [1.165, 1.54) is 6.07 Å². The van der Waals surface area contributed by atoms with Crippen molar-refractivity contribution in [2.45, 2.75) is 150 Å². The van der Waals surface area contributed by atoms with E-state index in [2.05, 4.69) is 63.2 Å². The minimum atomic E-state index is -2.32. The van der Waals surface area contributed by atoms with Crippen LogP contribution in [0.5, 0.6) is 0 Å². The zero-order chi connectivity index (χ0) is 43.5. The van der Waals surface area contributed by atoms with Crippen molar-refractivity contribution in [1.29, 1.82) is 0 Å². The van der Waals surface area contributed by atoms with Gasteiger partial charge in [0, 0.05) is 52.4 Å². The number of pyridine rings is 2. The van der Waals surface area contributed by atoms with Crippen LogP contribution in [0, 0.1) is 36.9 Å². The molecular weight excluding hydrogens is 765 g/mol. The topological polar surface area (TPSA) is 96.9 Å². The Morgan fingerprint density at radius 2 is 1.47 bits per heavy atom. The number of rotatable bonds is 6. The summed E-state index contributed by atoms with van der Waals surface area (Å²) in [6.07, 6.45) is 2.31. The summed E-state index contributed by atoms with van der Waals surface area (Å²) in [5.74, 6) is 2.83. The third kappa shape index (κ3) is 8.50. The van der Waals surface area contributed by atoms with Gasteiger partial charge in [0.05, 0.1) is 17.6 Å². The summed E-state index contributed by atoms with van der Waals surface area (Å²) in [5, 5.41) is 4.69. The Kier molecular flexibility index (Phi) is 11.9. The first-order valence-electron chi connectivity index (χ1n) is 20.9. The van der Waals surface area contributed by atoms with Crippen LogP contribution in [0.4, 0.5) is 29.9 Å². The number of amides is 2. The van der Waals surface area contributed by atoms with Gasteiger partial charge in [-0.3, -0.25) is 15.2 Å². The number of piperazine rings is 1. The first kappa shape index (κ1) is 43.8. The fourth-order valence-electron chi connectivity index (χ4n) is 9.47. The quantitative estimate of drug-likeness (QED) is 0.153. The minimum absolute atomic E-state index is 0.00135. The van der Waals surface area contributed by atoms with Crippen molar-refractivity contribution in [1.82, 2.24) is 14.9 Å². The molecule has 2 unspecified atom stereocenters. The van der Waals surface area contributed by atoms with E-state index in [4.69, 9.17) is 19.4 Å². The molecular formula is C47H61F2N5O4Si. The number of hydrogen-bond donors (Lipinski definition) is 1. The lowest BCUT2D eigenvalue weighted by molar-refractivity contribution is 0.0122. The third-order valence-corrected chi connectivity index (χ3v) is 18.4. The van der Waals surface area contributed by atoms with Gasteiger partial charge in [-0.1, -0.05) is 53.5 Å². The zero-order valence-electron chi connectivity index (χ0n) is 37.3. The molecule has 2 bridgehead atoms. The first-order chi connectivity index (χ1) is 27.4. The van der Waals surface area contributed by atoms with E-state index in [9.17, 15) is 9.59 Å². The number of aromatic nitrogens is 2. The molecule has 12 heteroatoms. The molecule has 0 spiro atoms. The van der Waals surface area contributed by atoms with Crippen molar-refractivity contribution >= 4 is 53.3 Å². The summed E-state index contributed by atoms with van der Waals surface area (Å²) >= 11 is 0. The molecule has 0 radical (unpaired) electrons. The number of hydrogen-bond acceptors (Lipinski definition) is 7. The molecule has 1 N–H and O–H groups in total. The van der Waals surface area contributed by atoms with Crippen molar-refractivity contribution in [3.8, 4) is 22.7 Å². The molecule has 2 amide bonds. The van der Waals surface area contributed by atoms with Gasteiger partial charge in [0.2, 0.25) is 0 Å². The molecule has 2 aliphatic rings. The maximum atomic E-state index is 17.7. The summed E-state index contributed by atoms with van der Waals surface area (Å²) in [7, 11) is -2.32. The van der Waals surface area contributed by atoms with Crippen LogP contribution >= 0.6 is 0 Å². The van der Waals surface area contributed by atoms with Crippen LogP contribution in [-0.4, -0.2) is 71.5 Å². The number of aryl methyl sites for hydroxylation is 2. The largest absolute Gasteiger partial charge is 0.444 e. The number of nitrogens with one attached hydrogen (secondary N) is 1. The van der Waals surface area contributed by atoms with Gasteiger partial charge < -0.3 is 14.4 Å². The highest BCUT2D eigenvalue weighted by Gasteiger charge is 2.45. The number of fused-ring (bicyclic) bond motifs is 4. The lowest BCUT2D eigenvalue weighted by Crippen LogP contribution is -2.57. The summed E-state index contributed by atoms with van der Waals surface area (Å²) in [6, 6.07) is 6.20. The van der Waals surface area contributed by atoms with Gasteiger partial charge in [-0.15, -0.1) is 5.54 Å². The average Bonchev–Trinajstić information content (AvgIpc) is 3.38. The molecule has 9 nitrogen and oxygen atoms in total. The molecule has 316 valence electrons. The first-order valence-corrected chi connectivity index (χ1v) is 23.2. The van der Waals surface area contributed by atoms with Crippen LogP contribution in [-0.2, 0) is 9.47 Å². The molecule has 6 rings (SSSR count). The van der Waals surface area contributed by atoms with Gasteiger partial charge >= 0.3 is 12.2 Å². The Morgan fingerprint density at radius 3 is 2.03 bits per heavy atom. The summed E-state index contributed by atoms with van der Waals surface area (Å²) < 4.78 is 45.3. The van der Waals surface area contributed by atoms with Crippen molar-refractivity contribution in [2.75, 3.05) is 23.3 Å². The zero-order valence-corrected chi connectivity index (χ0v) is 38.3. The minimum Gasteiger partial charge on any atom is -0.444 e. The number of halogens is 2. The molecule has 2 aliphatic heterocycles. The molecule has 2 aromatic carbocycles. The van der Waals surface area contributed by atoms with Crippen LogP contribution in [0.25, 0.3) is 32.8 Å². The highest BCUT2D eigenvalue weighted by atomic mass is 28.3. The van der Waals surface area contributed by atoms with Crippen molar-refractivity contribution in [2.24, 2.45) is 0 Å². The molecule has 0 aliphatic carbocycles. The standard InChI is InChI=1S/C47H61F2N5O4Si/c1-26(2)59(27(3)4,28(5)6)20-19-35-38(48)18-15-31-21-32(52-44(55)57-46(9,10)11)22-36(40(31)35)42-41(49)39-29(7)30(8)51-43(37(39)23-50-42)53-24-33-16-17-34(25-53)54(33)45(56)58-47(12,13)14/h15,18,21-23,26-28,33-34H,16-17,24-25H2,1-14H3,(H,52,55). The number of carbonyl (C=O) groups is 2. The second-order valence-electron chi connectivity index (χ2n) is 19.4. The van der Waals surface area contributed by atoms with Crippen molar-refractivity contribution in [3.05, 3.63) is 58.9 Å². The Bertz CT molecular complexity index is 2340. The summed E-state index contributed by atoms with van der Waals surface area (Å²) in [4.78, 5) is 40.1. The van der Waals surface area contributed by atoms with Crippen LogP contribution in [0.3, 0.4) is 0 Å². The Balaban J connectivity index is 1.55. The maximum Gasteiger partial charge on any atom is 0.412 e. The summed E-state index contributed by atoms with van der Waals surface area (Å²) in [6.45, 7) is 28.9. The second kappa shape index (κ2) is 16.0. The van der Waals surface area contributed by atoms with Gasteiger partial charge in [0.1, 0.15) is 36.6 Å². The lowest BCUT2D eigenvalue weighted by atomic mass is 9.94. The van der Waals surface area contributed by atoms with E-state index in [0.717, 1.165) is 12.8 Å². The Labute approximate surface area is 349 Å². The van der Waals surface area contributed by atoms with E-state index < -0.39 is 37.0 Å².